The van der Waals surface area contributed by atoms with Crippen molar-refractivity contribution < 1.29 is 0 Å². The van der Waals surface area contributed by atoms with E-state index in [-0.39, 0.29) is 6.04 Å². The normalized spacial score (nSPS) is 12.9. The van der Waals surface area contributed by atoms with Gasteiger partial charge in [-0.2, -0.15) is 5.10 Å². The SMILES string of the molecule is CC(NCCc1ccn(C)n1)c1nccn1C. The molecule has 0 amide bonds. The van der Waals surface area contributed by atoms with Gasteiger partial charge in [-0.15, -0.1) is 0 Å². The largest absolute Gasteiger partial charge is 0.337 e. The Morgan fingerprint density at radius 2 is 2.18 bits per heavy atom. The lowest BCUT2D eigenvalue weighted by molar-refractivity contribution is 0.530. The van der Waals surface area contributed by atoms with Crippen molar-refractivity contribution in [1.29, 1.82) is 0 Å². The molecule has 2 heterocycles. The van der Waals surface area contributed by atoms with E-state index < -0.39 is 0 Å². The monoisotopic (exact) mass is 233 g/mol. The van der Waals surface area contributed by atoms with Crippen LogP contribution in [0, 0.1) is 0 Å². The summed E-state index contributed by atoms with van der Waals surface area (Å²) in [6, 6.07) is 2.31. The summed E-state index contributed by atoms with van der Waals surface area (Å²) in [7, 11) is 3.95. The zero-order valence-corrected chi connectivity index (χ0v) is 10.6. The number of aryl methyl sites for hydroxylation is 2. The summed E-state index contributed by atoms with van der Waals surface area (Å²) >= 11 is 0. The van der Waals surface area contributed by atoms with E-state index >= 15 is 0 Å². The van der Waals surface area contributed by atoms with Gasteiger partial charge in [0.05, 0.1) is 11.7 Å². The third kappa shape index (κ3) is 2.94. The van der Waals surface area contributed by atoms with Crippen LogP contribution in [0.25, 0.3) is 0 Å². The molecule has 0 fully saturated rings. The summed E-state index contributed by atoms with van der Waals surface area (Å²) in [5, 5.41) is 7.79. The van der Waals surface area contributed by atoms with Crippen molar-refractivity contribution in [2.24, 2.45) is 14.1 Å². The van der Waals surface area contributed by atoms with Crippen LogP contribution in [0.1, 0.15) is 24.5 Å². The van der Waals surface area contributed by atoms with E-state index in [4.69, 9.17) is 0 Å². The Morgan fingerprint density at radius 1 is 1.35 bits per heavy atom. The summed E-state index contributed by atoms with van der Waals surface area (Å²) in [6.07, 6.45) is 6.70. The van der Waals surface area contributed by atoms with Gasteiger partial charge in [0.1, 0.15) is 5.82 Å². The summed E-state index contributed by atoms with van der Waals surface area (Å²) in [4.78, 5) is 4.33. The lowest BCUT2D eigenvalue weighted by Crippen LogP contribution is -2.23. The highest BCUT2D eigenvalue weighted by atomic mass is 15.2. The average Bonchev–Trinajstić information content (AvgIpc) is 2.87. The van der Waals surface area contributed by atoms with E-state index in [1.165, 1.54) is 0 Å². The first-order valence-electron chi connectivity index (χ1n) is 5.86. The standard InChI is InChI=1S/C12H19N5/c1-10(12-14-7-9-16(12)2)13-6-4-11-5-8-17(3)15-11/h5,7-10,13H,4,6H2,1-3H3. The Labute approximate surface area is 101 Å². The van der Waals surface area contributed by atoms with E-state index in [2.05, 4.69) is 22.3 Å². The Balaban J connectivity index is 1.81. The molecule has 17 heavy (non-hydrogen) atoms. The maximum atomic E-state index is 4.34. The second-order valence-corrected chi connectivity index (χ2v) is 4.30. The molecule has 2 aromatic heterocycles. The molecule has 0 bridgehead atoms. The average molecular weight is 233 g/mol. The van der Waals surface area contributed by atoms with Gasteiger partial charge in [0.25, 0.3) is 0 Å². The van der Waals surface area contributed by atoms with Gasteiger partial charge in [-0.25, -0.2) is 4.98 Å². The number of imidazole rings is 1. The van der Waals surface area contributed by atoms with Crippen LogP contribution in [-0.2, 0) is 20.5 Å². The third-order valence-corrected chi connectivity index (χ3v) is 2.85. The van der Waals surface area contributed by atoms with E-state index in [0.29, 0.717) is 0 Å². The molecule has 0 saturated carbocycles. The molecule has 5 heteroatoms. The van der Waals surface area contributed by atoms with Gasteiger partial charge >= 0.3 is 0 Å². The summed E-state index contributed by atoms with van der Waals surface area (Å²) in [6.45, 7) is 3.03. The third-order valence-electron chi connectivity index (χ3n) is 2.85. The van der Waals surface area contributed by atoms with Crippen LogP contribution in [0.3, 0.4) is 0 Å². The number of hydrogen-bond acceptors (Lipinski definition) is 3. The van der Waals surface area contributed by atoms with Crippen LogP contribution in [0.4, 0.5) is 0 Å². The number of nitrogens with zero attached hydrogens (tertiary/aromatic N) is 4. The molecular weight excluding hydrogens is 214 g/mol. The maximum absolute atomic E-state index is 4.34. The quantitative estimate of drug-likeness (QED) is 0.839. The van der Waals surface area contributed by atoms with Crippen LogP contribution in [-0.4, -0.2) is 25.9 Å². The van der Waals surface area contributed by atoms with E-state index in [0.717, 1.165) is 24.5 Å². The van der Waals surface area contributed by atoms with Crippen LogP contribution >= 0.6 is 0 Å². The predicted octanol–water partition coefficient (Wildman–Crippen LogP) is 1.05. The first-order chi connectivity index (χ1) is 8.16. The summed E-state index contributed by atoms with van der Waals surface area (Å²) in [5.41, 5.74) is 1.12. The molecule has 0 saturated heterocycles. The maximum Gasteiger partial charge on any atom is 0.125 e. The number of rotatable bonds is 5. The molecule has 0 aliphatic rings. The zero-order chi connectivity index (χ0) is 12.3. The molecule has 1 atom stereocenters. The van der Waals surface area contributed by atoms with Crippen molar-refractivity contribution in [3.8, 4) is 0 Å². The van der Waals surface area contributed by atoms with Crippen molar-refractivity contribution in [2.75, 3.05) is 6.54 Å². The van der Waals surface area contributed by atoms with Gasteiger partial charge in [0.2, 0.25) is 0 Å². The molecule has 0 aromatic carbocycles. The second-order valence-electron chi connectivity index (χ2n) is 4.30. The van der Waals surface area contributed by atoms with Gasteiger partial charge in [-0.3, -0.25) is 4.68 Å². The predicted molar refractivity (Wildman–Crippen MR) is 66.5 cm³/mol. The minimum absolute atomic E-state index is 0.263. The fourth-order valence-electron chi connectivity index (χ4n) is 1.90. The fraction of sp³-hybridized carbons (Fsp3) is 0.500. The number of hydrogen-bond donors (Lipinski definition) is 1. The Bertz CT molecular complexity index is 471. The van der Waals surface area contributed by atoms with E-state index in [1.54, 1.807) is 0 Å². The minimum Gasteiger partial charge on any atom is -0.337 e. The van der Waals surface area contributed by atoms with Crippen LogP contribution in [0.5, 0.6) is 0 Å². The van der Waals surface area contributed by atoms with Gasteiger partial charge in [-0.1, -0.05) is 0 Å². The fourth-order valence-corrected chi connectivity index (χ4v) is 1.90. The van der Waals surface area contributed by atoms with Gasteiger partial charge in [0, 0.05) is 45.7 Å². The number of aromatic nitrogens is 4. The first kappa shape index (κ1) is 11.9. The topological polar surface area (TPSA) is 47.7 Å². The van der Waals surface area contributed by atoms with Crippen molar-refractivity contribution in [1.82, 2.24) is 24.6 Å². The van der Waals surface area contributed by atoms with Gasteiger partial charge < -0.3 is 9.88 Å². The van der Waals surface area contributed by atoms with Gasteiger partial charge in [-0.05, 0) is 13.0 Å². The number of nitrogens with one attached hydrogen (secondary N) is 1. The highest BCUT2D eigenvalue weighted by Gasteiger charge is 2.09. The Morgan fingerprint density at radius 3 is 2.76 bits per heavy atom. The highest BCUT2D eigenvalue weighted by molar-refractivity contribution is 5.00. The molecule has 1 unspecified atom stereocenters. The molecule has 1 N–H and O–H groups in total. The van der Waals surface area contributed by atoms with Crippen molar-refractivity contribution in [3.05, 3.63) is 36.2 Å². The first-order valence-corrected chi connectivity index (χ1v) is 5.86. The van der Waals surface area contributed by atoms with E-state index in [9.17, 15) is 0 Å². The molecule has 5 nitrogen and oxygen atoms in total. The van der Waals surface area contributed by atoms with Crippen molar-refractivity contribution in [2.45, 2.75) is 19.4 Å². The molecule has 0 aliphatic carbocycles. The van der Waals surface area contributed by atoms with Crippen LogP contribution < -0.4 is 5.32 Å². The van der Waals surface area contributed by atoms with Crippen LogP contribution in [0.2, 0.25) is 0 Å². The molecule has 92 valence electrons. The highest BCUT2D eigenvalue weighted by Crippen LogP contribution is 2.08. The second kappa shape index (κ2) is 5.14. The summed E-state index contributed by atoms with van der Waals surface area (Å²) < 4.78 is 3.87. The smallest absolute Gasteiger partial charge is 0.125 e. The van der Waals surface area contributed by atoms with Crippen molar-refractivity contribution in [3.63, 3.8) is 0 Å². The molecule has 2 aromatic rings. The molecule has 0 spiro atoms. The van der Waals surface area contributed by atoms with Crippen LogP contribution in [0.15, 0.2) is 24.7 Å². The Kier molecular flexibility index (Phi) is 3.58. The minimum atomic E-state index is 0.263. The molecule has 0 radical (unpaired) electrons. The molecule has 0 aliphatic heterocycles. The lowest BCUT2D eigenvalue weighted by Gasteiger charge is -2.12. The van der Waals surface area contributed by atoms with Crippen molar-refractivity contribution >= 4 is 0 Å². The molecular formula is C12H19N5. The van der Waals surface area contributed by atoms with E-state index in [1.807, 2.05) is 48.0 Å². The van der Waals surface area contributed by atoms with Gasteiger partial charge in [0.15, 0.2) is 0 Å². The Hall–Kier alpha value is -1.62. The molecule has 2 rings (SSSR count). The summed E-state index contributed by atoms with van der Waals surface area (Å²) in [5.74, 6) is 1.06. The zero-order valence-electron chi connectivity index (χ0n) is 10.6. The lowest BCUT2D eigenvalue weighted by atomic mass is 10.2.